The molecule has 1 aliphatic rings. The maximum absolute atomic E-state index is 12.9. The van der Waals surface area contributed by atoms with E-state index >= 15 is 0 Å². The monoisotopic (exact) mass is 364 g/mol. The summed E-state index contributed by atoms with van der Waals surface area (Å²) in [5, 5.41) is 3.45. The number of carbonyl (C=O) groups excluding carboxylic acids is 1. The second-order valence-electron chi connectivity index (χ2n) is 7.03. The van der Waals surface area contributed by atoms with Crippen LogP contribution in [0.5, 0.6) is 0 Å². The van der Waals surface area contributed by atoms with Crippen molar-refractivity contribution < 1.29 is 13.7 Å². The number of hydrogen-bond donors (Lipinski definition) is 0. The number of ether oxygens (including phenoxy) is 1. The second-order valence-corrected chi connectivity index (χ2v) is 9.27. The van der Waals surface area contributed by atoms with Crippen LogP contribution in [0, 0.1) is 0 Å². The van der Waals surface area contributed by atoms with Gasteiger partial charge in [-0.2, -0.15) is 0 Å². The zero-order chi connectivity index (χ0) is 18.4. The number of nitrogens with zero attached hydrogens (tertiary/aromatic N) is 4. The lowest BCUT2D eigenvalue weighted by Gasteiger charge is -2.33. The molecule has 0 bridgehead atoms. The molecule has 1 aliphatic heterocycles. The van der Waals surface area contributed by atoms with Gasteiger partial charge in [0.1, 0.15) is 23.1 Å². The summed E-state index contributed by atoms with van der Waals surface area (Å²) in [6.45, 7) is 6.66. The summed E-state index contributed by atoms with van der Waals surface area (Å²) in [6, 6.07) is 9.04. The number of rotatable bonds is 6. The molecule has 0 N–H and O–H groups in total. The molecule has 0 radical (unpaired) electrons. The summed E-state index contributed by atoms with van der Waals surface area (Å²) in [5.74, 6) is -0.504. The van der Waals surface area contributed by atoms with E-state index in [0.717, 1.165) is 5.56 Å². The molecule has 0 aromatic heterocycles. The van der Waals surface area contributed by atoms with Crippen LogP contribution in [0.15, 0.2) is 35.4 Å². The average Bonchev–Trinajstić information content (AvgIpc) is 2.56. The van der Waals surface area contributed by atoms with Crippen LogP contribution in [0.2, 0.25) is 0 Å². The number of cyclic esters (lactones) is 1. The maximum Gasteiger partial charge on any atom is 0.315 e. The zero-order valence-corrected chi connectivity index (χ0v) is 15.6. The van der Waals surface area contributed by atoms with E-state index in [9.17, 15) is 9.00 Å². The maximum atomic E-state index is 12.9. The summed E-state index contributed by atoms with van der Waals surface area (Å²) < 4.78 is 19.8. The molecule has 0 amide bonds. The van der Waals surface area contributed by atoms with E-state index in [-0.39, 0.29) is 6.10 Å². The molecule has 3 atom stereocenters. The van der Waals surface area contributed by atoms with Crippen molar-refractivity contribution >= 4 is 17.0 Å². The first-order valence-electron chi connectivity index (χ1n) is 8.27. The highest BCUT2D eigenvalue weighted by Crippen LogP contribution is 2.23. The van der Waals surface area contributed by atoms with Gasteiger partial charge in [0.05, 0.1) is 4.75 Å². The van der Waals surface area contributed by atoms with Gasteiger partial charge in [0.15, 0.2) is 0 Å². The molecule has 1 fully saturated rings. The van der Waals surface area contributed by atoms with Gasteiger partial charge < -0.3 is 4.74 Å². The third-order valence-electron chi connectivity index (χ3n) is 3.88. The standard InChI is InChI=1S/C17H24N4O3S/c1-17(2,3)25(23)21(11-13-7-5-4-6-8-13)12-14-9-10-15(19-20-18)16(22)24-14/h4-8,14-15H,9-12H2,1-3H3. The molecule has 1 aromatic carbocycles. The lowest BCUT2D eigenvalue weighted by molar-refractivity contribution is -0.156. The van der Waals surface area contributed by atoms with Crippen LogP contribution in [0.1, 0.15) is 39.2 Å². The highest BCUT2D eigenvalue weighted by Gasteiger charge is 2.33. The van der Waals surface area contributed by atoms with E-state index in [0.29, 0.717) is 25.9 Å². The van der Waals surface area contributed by atoms with Crippen molar-refractivity contribution in [2.75, 3.05) is 6.54 Å². The van der Waals surface area contributed by atoms with E-state index in [4.69, 9.17) is 10.3 Å². The number of azide groups is 1. The van der Waals surface area contributed by atoms with Crippen molar-refractivity contribution in [3.05, 3.63) is 46.3 Å². The molecule has 0 spiro atoms. The third kappa shape index (κ3) is 5.56. The van der Waals surface area contributed by atoms with Gasteiger partial charge in [0.25, 0.3) is 0 Å². The fourth-order valence-electron chi connectivity index (χ4n) is 2.65. The quantitative estimate of drug-likeness (QED) is 0.335. The Balaban J connectivity index is 2.10. The van der Waals surface area contributed by atoms with E-state index in [1.165, 1.54) is 0 Å². The minimum absolute atomic E-state index is 0.354. The van der Waals surface area contributed by atoms with Crippen LogP contribution in [0.4, 0.5) is 0 Å². The Bertz CT molecular complexity index is 668. The predicted octanol–water partition coefficient (Wildman–Crippen LogP) is 3.34. The number of esters is 1. The zero-order valence-electron chi connectivity index (χ0n) is 14.8. The summed E-state index contributed by atoms with van der Waals surface area (Å²) in [6.07, 6.45) is 0.685. The summed E-state index contributed by atoms with van der Waals surface area (Å²) >= 11 is 0. The molecule has 2 rings (SSSR count). The van der Waals surface area contributed by atoms with Gasteiger partial charge in [-0.05, 0) is 44.7 Å². The molecule has 0 saturated carbocycles. The second kappa shape index (κ2) is 8.47. The lowest BCUT2D eigenvalue weighted by Crippen LogP contribution is -2.45. The van der Waals surface area contributed by atoms with Crippen molar-refractivity contribution in [1.29, 1.82) is 0 Å². The van der Waals surface area contributed by atoms with Crippen LogP contribution in [0.3, 0.4) is 0 Å². The van der Waals surface area contributed by atoms with Crippen LogP contribution >= 0.6 is 0 Å². The molecule has 25 heavy (non-hydrogen) atoms. The van der Waals surface area contributed by atoms with Crippen LogP contribution in [-0.2, 0) is 27.1 Å². The minimum atomic E-state index is -1.24. The normalized spacial score (nSPS) is 22.2. The molecular formula is C17H24N4O3S. The van der Waals surface area contributed by atoms with Crippen LogP contribution < -0.4 is 0 Å². The van der Waals surface area contributed by atoms with Gasteiger partial charge in [0.2, 0.25) is 0 Å². The number of carbonyl (C=O) groups is 1. The van der Waals surface area contributed by atoms with Crippen molar-refractivity contribution in [2.45, 2.75) is 57.1 Å². The topological polar surface area (TPSA) is 95.4 Å². The number of hydrogen-bond acceptors (Lipinski definition) is 4. The fraction of sp³-hybridized carbons (Fsp3) is 0.588. The third-order valence-corrected chi connectivity index (χ3v) is 5.67. The smallest absolute Gasteiger partial charge is 0.315 e. The largest absolute Gasteiger partial charge is 0.461 e. The molecule has 1 saturated heterocycles. The molecule has 1 aromatic rings. The van der Waals surface area contributed by atoms with Gasteiger partial charge in [-0.15, -0.1) is 0 Å². The molecule has 136 valence electrons. The summed E-state index contributed by atoms with van der Waals surface area (Å²) in [7, 11) is -1.24. The van der Waals surface area contributed by atoms with Crippen LogP contribution in [0.25, 0.3) is 10.4 Å². The van der Waals surface area contributed by atoms with Gasteiger partial charge in [-0.1, -0.05) is 35.4 Å². The van der Waals surface area contributed by atoms with Crippen molar-refractivity contribution in [3.8, 4) is 0 Å². The predicted molar refractivity (Wildman–Crippen MR) is 96.8 cm³/mol. The minimum Gasteiger partial charge on any atom is -0.461 e. The van der Waals surface area contributed by atoms with Gasteiger partial charge >= 0.3 is 5.97 Å². The van der Waals surface area contributed by atoms with Crippen molar-refractivity contribution in [2.24, 2.45) is 5.11 Å². The van der Waals surface area contributed by atoms with Crippen molar-refractivity contribution in [1.82, 2.24) is 4.31 Å². The Morgan fingerprint density at radius 1 is 1.32 bits per heavy atom. The van der Waals surface area contributed by atoms with Gasteiger partial charge in [0, 0.05) is 18.0 Å². The molecule has 0 aliphatic carbocycles. The first kappa shape index (κ1) is 19.4. The SMILES string of the molecule is CC(C)(C)S(=O)N(Cc1ccccc1)CC1CCC(N=[N+]=[N-])C(=O)O1. The Labute approximate surface area is 150 Å². The average molecular weight is 364 g/mol. The molecular weight excluding hydrogens is 340 g/mol. The first-order valence-corrected chi connectivity index (χ1v) is 9.37. The van der Waals surface area contributed by atoms with Gasteiger partial charge in [-0.25, -0.2) is 8.51 Å². The van der Waals surface area contributed by atoms with Gasteiger partial charge in [-0.3, -0.25) is 4.79 Å². The lowest BCUT2D eigenvalue weighted by atomic mass is 10.0. The van der Waals surface area contributed by atoms with Crippen LogP contribution in [-0.4, -0.2) is 37.9 Å². The highest BCUT2D eigenvalue weighted by atomic mass is 32.2. The Morgan fingerprint density at radius 2 is 2.00 bits per heavy atom. The van der Waals surface area contributed by atoms with E-state index in [2.05, 4.69) is 10.0 Å². The molecule has 7 nitrogen and oxygen atoms in total. The summed E-state index contributed by atoms with van der Waals surface area (Å²) in [4.78, 5) is 14.6. The Morgan fingerprint density at radius 3 is 2.56 bits per heavy atom. The number of benzene rings is 1. The fourth-order valence-corrected chi connectivity index (χ4v) is 3.99. The van der Waals surface area contributed by atoms with E-state index < -0.39 is 27.7 Å². The summed E-state index contributed by atoms with van der Waals surface area (Å²) in [5.41, 5.74) is 9.53. The molecule has 3 unspecified atom stereocenters. The van der Waals surface area contributed by atoms with Crippen molar-refractivity contribution in [3.63, 3.8) is 0 Å². The Hall–Kier alpha value is -1.89. The van der Waals surface area contributed by atoms with E-state index in [1.807, 2.05) is 55.4 Å². The first-order chi connectivity index (χ1) is 11.8. The highest BCUT2D eigenvalue weighted by molar-refractivity contribution is 7.84. The molecule has 8 heteroatoms. The Kier molecular flexibility index (Phi) is 6.58. The van der Waals surface area contributed by atoms with E-state index in [1.54, 1.807) is 0 Å². The molecule has 1 heterocycles.